The van der Waals surface area contributed by atoms with Gasteiger partial charge in [0, 0.05) is 44.5 Å². The SMILES string of the molecule is CCN1CCC[C@@H]1CNC(=O)CCC1CCN(C(=O)c2cnc(C)nc2)CC1. The van der Waals surface area contributed by atoms with Crippen molar-refractivity contribution in [2.75, 3.05) is 32.7 Å². The fraction of sp³-hybridized carbons (Fsp3) is 0.714. The third kappa shape index (κ3) is 5.50. The van der Waals surface area contributed by atoms with E-state index in [2.05, 4.69) is 27.1 Å². The molecule has 1 aromatic rings. The first-order valence-corrected chi connectivity index (χ1v) is 10.7. The fourth-order valence-electron chi connectivity index (χ4n) is 4.31. The van der Waals surface area contributed by atoms with Crippen molar-refractivity contribution in [3.8, 4) is 0 Å². The van der Waals surface area contributed by atoms with Gasteiger partial charge >= 0.3 is 0 Å². The molecule has 1 aromatic heterocycles. The molecule has 0 bridgehead atoms. The summed E-state index contributed by atoms with van der Waals surface area (Å²) >= 11 is 0. The second-order valence-electron chi connectivity index (χ2n) is 8.02. The zero-order valence-corrected chi connectivity index (χ0v) is 17.2. The molecule has 3 heterocycles. The number of aryl methyl sites for hydroxylation is 1. The normalized spacial score (nSPS) is 21.1. The molecule has 28 heavy (non-hydrogen) atoms. The maximum absolute atomic E-state index is 12.5. The van der Waals surface area contributed by atoms with Crippen LogP contribution in [0.5, 0.6) is 0 Å². The van der Waals surface area contributed by atoms with E-state index in [-0.39, 0.29) is 11.8 Å². The van der Waals surface area contributed by atoms with Crippen molar-refractivity contribution in [2.45, 2.75) is 58.4 Å². The van der Waals surface area contributed by atoms with Gasteiger partial charge in [-0.15, -0.1) is 0 Å². The van der Waals surface area contributed by atoms with Gasteiger partial charge in [-0.2, -0.15) is 0 Å². The molecular weight excluding hydrogens is 354 g/mol. The van der Waals surface area contributed by atoms with E-state index in [4.69, 9.17) is 0 Å². The van der Waals surface area contributed by atoms with E-state index in [0.717, 1.165) is 52.0 Å². The summed E-state index contributed by atoms with van der Waals surface area (Å²) in [4.78, 5) is 37.3. The van der Waals surface area contributed by atoms with Crippen LogP contribution >= 0.6 is 0 Å². The molecule has 154 valence electrons. The van der Waals surface area contributed by atoms with Crippen LogP contribution in [0.3, 0.4) is 0 Å². The highest BCUT2D eigenvalue weighted by atomic mass is 16.2. The molecule has 0 aliphatic carbocycles. The number of nitrogens with zero attached hydrogens (tertiary/aromatic N) is 4. The zero-order chi connectivity index (χ0) is 19.9. The Labute approximate surface area is 167 Å². The predicted molar refractivity (Wildman–Crippen MR) is 108 cm³/mol. The van der Waals surface area contributed by atoms with Crippen LogP contribution in [-0.2, 0) is 4.79 Å². The largest absolute Gasteiger partial charge is 0.355 e. The Bertz CT molecular complexity index is 655. The molecule has 2 fully saturated rings. The van der Waals surface area contributed by atoms with Gasteiger partial charge in [0.25, 0.3) is 5.91 Å². The minimum Gasteiger partial charge on any atom is -0.355 e. The average molecular weight is 388 g/mol. The van der Waals surface area contributed by atoms with E-state index >= 15 is 0 Å². The standard InChI is InChI=1S/C21H33N5O2/c1-3-25-10-4-5-19(25)15-24-20(27)7-6-17-8-11-26(12-9-17)21(28)18-13-22-16(2)23-14-18/h13-14,17,19H,3-12,15H2,1-2H3,(H,24,27)/t19-/m1/s1. The lowest BCUT2D eigenvalue weighted by atomic mass is 9.92. The molecule has 7 heteroatoms. The highest BCUT2D eigenvalue weighted by Crippen LogP contribution is 2.23. The molecule has 2 aliphatic rings. The van der Waals surface area contributed by atoms with Gasteiger partial charge in [0.2, 0.25) is 5.91 Å². The molecule has 0 aromatic carbocycles. The lowest BCUT2D eigenvalue weighted by molar-refractivity contribution is -0.121. The Morgan fingerprint density at radius 1 is 1.14 bits per heavy atom. The number of aromatic nitrogens is 2. The molecule has 2 saturated heterocycles. The van der Waals surface area contributed by atoms with Crippen LogP contribution < -0.4 is 5.32 Å². The molecule has 0 unspecified atom stereocenters. The topological polar surface area (TPSA) is 78.4 Å². The number of carbonyl (C=O) groups excluding carboxylic acids is 2. The van der Waals surface area contributed by atoms with Gasteiger partial charge in [0.05, 0.1) is 5.56 Å². The van der Waals surface area contributed by atoms with Crippen LogP contribution in [0.2, 0.25) is 0 Å². The molecule has 2 amide bonds. The quantitative estimate of drug-likeness (QED) is 0.774. The number of amides is 2. The molecule has 2 aliphatic heterocycles. The highest BCUT2D eigenvalue weighted by Gasteiger charge is 2.25. The van der Waals surface area contributed by atoms with Crippen molar-refractivity contribution in [1.82, 2.24) is 25.1 Å². The van der Waals surface area contributed by atoms with Crippen LogP contribution in [0.4, 0.5) is 0 Å². The number of hydrogen-bond acceptors (Lipinski definition) is 5. The van der Waals surface area contributed by atoms with E-state index in [0.29, 0.717) is 29.8 Å². The summed E-state index contributed by atoms with van der Waals surface area (Å²) in [6.45, 7) is 8.47. The van der Waals surface area contributed by atoms with E-state index in [1.54, 1.807) is 12.4 Å². The second kappa shape index (κ2) is 9.96. The number of carbonyl (C=O) groups is 2. The van der Waals surface area contributed by atoms with Crippen LogP contribution in [0, 0.1) is 12.8 Å². The Balaban J connectivity index is 1.34. The number of rotatable bonds is 7. The molecular formula is C21H33N5O2. The number of piperidine rings is 1. The minimum absolute atomic E-state index is 0.00762. The monoisotopic (exact) mass is 387 g/mol. The molecule has 0 radical (unpaired) electrons. The van der Waals surface area contributed by atoms with Crippen molar-refractivity contribution >= 4 is 11.8 Å². The van der Waals surface area contributed by atoms with E-state index in [1.165, 1.54) is 12.8 Å². The first-order chi connectivity index (χ1) is 13.6. The van der Waals surface area contributed by atoms with Crippen molar-refractivity contribution in [3.05, 3.63) is 23.8 Å². The van der Waals surface area contributed by atoms with Crippen molar-refractivity contribution in [1.29, 1.82) is 0 Å². The van der Waals surface area contributed by atoms with Gasteiger partial charge in [-0.1, -0.05) is 6.92 Å². The molecule has 0 saturated carbocycles. The van der Waals surface area contributed by atoms with Crippen LogP contribution in [0.1, 0.15) is 61.6 Å². The summed E-state index contributed by atoms with van der Waals surface area (Å²) in [6, 6.07) is 0.508. The number of nitrogens with one attached hydrogen (secondary N) is 1. The smallest absolute Gasteiger partial charge is 0.256 e. The van der Waals surface area contributed by atoms with Crippen molar-refractivity contribution in [3.63, 3.8) is 0 Å². The highest BCUT2D eigenvalue weighted by molar-refractivity contribution is 5.93. The minimum atomic E-state index is 0.00762. The van der Waals surface area contributed by atoms with Crippen LogP contribution in [-0.4, -0.2) is 70.3 Å². The summed E-state index contributed by atoms with van der Waals surface area (Å²) < 4.78 is 0. The van der Waals surface area contributed by atoms with Crippen molar-refractivity contribution in [2.24, 2.45) is 5.92 Å². The molecule has 0 spiro atoms. The fourth-order valence-corrected chi connectivity index (χ4v) is 4.31. The van der Waals surface area contributed by atoms with Gasteiger partial charge in [0.15, 0.2) is 0 Å². The van der Waals surface area contributed by atoms with E-state index in [1.807, 2.05) is 11.8 Å². The first kappa shape index (κ1) is 20.7. The first-order valence-electron chi connectivity index (χ1n) is 10.7. The summed E-state index contributed by atoms with van der Waals surface area (Å²) in [5.41, 5.74) is 0.552. The summed E-state index contributed by atoms with van der Waals surface area (Å²) in [5.74, 6) is 1.36. The third-order valence-corrected chi connectivity index (χ3v) is 6.15. The summed E-state index contributed by atoms with van der Waals surface area (Å²) in [6.07, 6.45) is 9.03. The zero-order valence-electron chi connectivity index (χ0n) is 17.2. The average Bonchev–Trinajstić information content (AvgIpc) is 3.19. The van der Waals surface area contributed by atoms with E-state index in [9.17, 15) is 9.59 Å². The predicted octanol–water partition coefficient (Wildman–Crippen LogP) is 2.02. The van der Waals surface area contributed by atoms with Gasteiger partial charge in [-0.3, -0.25) is 14.5 Å². The summed E-state index contributed by atoms with van der Waals surface area (Å²) in [5, 5.41) is 3.12. The Kier molecular flexibility index (Phi) is 7.36. The number of hydrogen-bond donors (Lipinski definition) is 1. The van der Waals surface area contributed by atoms with Gasteiger partial charge in [-0.25, -0.2) is 9.97 Å². The maximum Gasteiger partial charge on any atom is 0.256 e. The maximum atomic E-state index is 12.5. The molecule has 3 rings (SSSR count). The van der Waals surface area contributed by atoms with Gasteiger partial charge in [0.1, 0.15) is 5.82 Å². The Hall–Kier alpha value is -2.02. The van der Waals surface area contributed by atoms with E-state index < -0.39 is 0 Å². The van der Waals surface area contributed by atoms with Crippen LogP contribution in [0.25, 0.3) is 0 Å². The van der Waals surface area contributed by atoms with Gasteiger partial charge in [-0.05, 0) is 58.0 Å². The second-order valence-corrected chi connectivity index (χ2v) is 8.02. The number of likely N-dealkylation sites (tertiary alicyclic amines) is 2. The van der Waals surface area contributed by atoms with Gasteiger partial charge < -0.3 is 10.2 Å². The summed E-state index contributed by atoms with van der Waals surface area (Å²) in [7, 11) is 0. The Morgan fingerprint density at radius 2 is 1.86 bits per heavy atom. The number of likely N-dealkylation sites (N-methyl/N-ethyl adjacent to an activating group) is 1. The van der Waals surface area contributed by atoms with Crippen molar-refractivity contribution < 1.29 is 9.59 Å². The third-order valence-electron chi connectivity index (χ3n) is 6.15. The molecule has 1 N–H and O–H groups in total. The lowest BCUT2D eigenvalue weighted by Crippen LogP contribution is -2.40. The van der Waals surface area contributed by atoms with Crippen LogP contribution in [0.15, 0.2) is 12.4 Å². The molecule has 1 atom stereocenters. The molecule has 7 nitrogen and oxygen atoms in total. The lowest BCUT2D eigenvalue weighted by Gasteiger charge is -2.32. The Morgan fingerprint density at radius 3 is 2.54 bits per heavy atom.